The number of nitrogens with one attached hydrogen (secondary N) is 1. The van der Waals surface area contributed by atoms with Gasteiger partial charge in [0.25, 0.3) is 17.6 Å². The number of allylic oxidation sites excluding steroid dienone is 1. The van der Waals surface area contributed by atoms with Gasteiger partial charge in [0.2, 0.25) is 0 Å². The Bertz CT molecular complexity index is 1130. The first kappa shape index (κ1) is 34.2. The number of ketones is 1. The molecular formula is C28H39ClFN4O4P. The first-order valence-corrected chi connectivity index (χ1v) is 14.1. The van der Waals surface area contributed by atoms with Crippen molar-refractivity contribution in [2.45, 2.75) is 45.1 Å². The van der Waals surface area contributed by atoms with E-state index in [0.717, 1.165) is 15.4 Å². The van der Waals surface area contributed by atoms with E-state index in [1.165, 1.54) is 49.8 Å². The van der Waals surface area contributed by atoms with Crippen molar-refractivity contribution in [3.05, 3.63) is 70.8 Å². The van der Waals surface area contributed by atoms with E-state index in [4.69, 9.17) is 17.0 Å². The summed E-state index contributed by atoms with van der Waals surface area (Å²) in [6, 6.07) is 5.94. The van der Waals surface area contributed by atoms with E-state index < -0.39 is 29.0 Å². The van der Waals surface area contributed by atoms with E-state index in [0.29, 0.717) is 19.3 Å². The molecular weight excluding hydrogens is 542 g/mol. The van der Waals surface area contributed by atoms with Crippen molar-refractivity contribution in [2.75, 3.05) is 33.8 Å². The summed E-state index contributed by atoms with van der Waals surface area (Å²) in [5.74, 6) is -3.36. The van der Waals surface area contributed by atoms with Gasteiger partial charge in [0.05, 0.1) is 16.2 Å². The molecule has 3 rings (SSSR count). The second-order valence-electron chi connectivity index (χ2n) is 9.30. The number of carbonyl (C=O) groups excluding carboxylic acids is 3. The van der Waals surface area contributed by atoms with Gasteiger partial charge in [-0.2, -0.15) is 0 Å². The Morgan fingerprint density at radius 1 is 1.15 bits per heavy atom. The van der Waals surface area contributed by atoms with Crippen molar-refractivity contribution in [2.24, 2.45) is 0 Å². The minimum absolute atomic E-state index is 0.0490. The van der Waals surface area contributed by atoms with E-state index in [2.05, 4.69) is 29.7 Å². The second kappa shape index (κ2) is 15.7. The fourth-order valence-electron chi connectivity index (χ4n) is 3.80. The van der Waals surface area contributed by atoms with Crippen LogP contribution >= 0.6 is 20.8 Å². The van der Waals surface area contributed by atoms with E-state index in [1.807, 2.05) is 6.66 Å². The molecule has 1 aromatic rings. The summed E-state index contributed by atoms with van der Waals surface area (Å²) in [6.07, 6.45) is 4.80. The van der Waals surface area contributed by atoms with Crippen LogP contribution < -0.4 is 0 Å². The highest BCUT2D eigenvalue weighted by Crippen LogP contribution is 2.31. The number of halogens is 2. The Morgan fingerprint density at radius 2 is 1.67 bits per heavy atom. The highest BCUT2D eigenvalue weighted by Gasteiger charge is 2.36. The van der Waals surface area contributed by atoms with Crippen molar-refractivity contribution in [1.29, 1.82) is 5.41 Å². The average molecular weight is 581 g/mol. The van der Waals surface area contributed by atoms with Gasteiger partial charge in [0, 0.05) is 45.5 Å². The molecule has 2 aliphatic rings. The van der Waals surface area contributed by atoms with Crippen LogP contribution in [0.2, 0.25) is 0 Å². The minimum Gasteiger partial charge on any atom is -0.389 e. The largest absolute Gasteiger partial charge is 0.389 e. The summed E-state index contributed by atoms with van der Waals surface area (Å²) in [5, 5.41) is 19.2. The van der Waals surface area contributed by atoms with Gasteiger partial charge >= 0.3 is 0 Å². The Labute approximate surface area is 237 Å². The Kier molecular flexibility index (Phi) is 13.7. The smallest absolute Gasteiger partial charge is 0.297 e. The summed E-state index contributed by atoms with van der Waals surface area (Å²) < 4.78 is 13.1. The molecule has 0 radical (unpaired) electrons. The Balaban J connectivity index is 0.00000142. The summed E-state index contributed by atoms with van der Waals surface area (Å²) in [7, 11) is 5.21. The topological polar surface area (TPSA) is 105 Å². The summed E-state index contributed by atoms with van der Waals surface area (Å²) in [6.45, 7) is 10.4. The summed E-state index contributed by atoms with van der Waals surface area (Å²) in [4.78, 5) is 41.1. The number of amides is 2. The van der Waals surface area contributed by atoms with Crippen molar-refractivity contribution in [3.63, 3.8) is 0 Å². The lowest BCUT2D eigenvalue weighted by Crippen LogP contribution is -2.48. The van der Waals surface area contributed by atoms with Gasteiger partial charge in [-0.25, -0.2) is 4.39 Å². The van der Waals surface area contributed by atoms with E-state index in [9.17, 15) is 23.9 Å². The van der Waals surface area contributed by atoms with Crippen LogP contribution in [0.25, 0.3) is 0 Å². The lowest BCUT2D eigenvalue weighted by atomic mass is 9.85. The number of rotatable bonds is 5. The number of aliphatic hydroxyl groups is 1. The molecule has 0 bridgehead atoms. The zero-order chi connectivity index (χ0) is 29.9. The average Bonchev–Trinajstić information content (AvgIpc) is 2.90. The molecule has 2 heterocycles. The fraction of sp³-hybridized carbons (Fsp3) is 0.429. The molecule has 1 unspecified atom stereocenters. The number of hydrogen-bond acceptors (Lipinski definition) is 5. The summed E-state index contributed by atoms with van der Waals surface area (Å²) in [5.41, 5.74) is -0.0164. The number of benzene rings is 1. The first-order chi connectivity index (χ1) is 18.3. The van der Waals surface area contributed by atoms with E-state index in [-0.39, 0.29) is 35.2 Å². The molecule has 11 heteroatoms. The molecule has 1 fully saturated rings. The van der Waals surface area contributed by atoms with E-state index >= 15 is 0 Å². The van der Waals surface area contributed by atoms with Crippen LogP contribution in [-0.2, 0) is 20.8 Å². The number of likely N-dealkylation sites (N-methyl/N-ethyl adjacent to an activating group) is 1. The molecule has 1 saturated heterocycles. The van der Waals surface area contributed by atoms with Gasteiger partial charge in [-0.15, -0.1) is 9.24 Å². The predicted octanol–water partition coefficient (Wildman–Crippen LogP) is 4.10. The normalized spacial score (nSPS) is 16.0. The number of likely N-dealkylation sites (tertiary alicyclic amines) is 1. The maximum atomic E-state index is 13.2. The number of piperidine rings is 1. The molecule has 0 saturated carbocycles. The summed E-state index contributed by atoms with van der Waals surface area (Å²) >= 11 is 6.28. The van der Waals surface area contributed by atoms with Gasteiger partial charge < -0.3 is 14.9 Å². The molecule has 2 amide bonds. The maximum absolute atomic E-state index is 13.2. The van der Waals surface area contributed by atoms with Crippen molar-refractivity contribution in [3.8, 4) is 0 Å². The number of hydrogen-bond donors (Lipinski definition) is 2. The molecule has 0 spiro atoms. The van der Waals surface area contributed by atoms with Crippen molar-refractivity contribution >= 4 is 44.3 Å². The number of carbonyl (C=O) groups is 3. The van der Waals surface area contributed by atoms with Crippen LogP contribution in [-0.4, -0.2) is 82.7 Å². The quantitative estimate of drug-likeness (QED) is 0.236. The highest BCUT2D eigenvalue weighted by atomic mass is 35.5. The SMILES string of the molecule is C=C1C=C(Cl)C(C(=O)N2CCC(O)(Cc3ccc(F)cc3)CC2)=CN1C(=N)C(=O)C(=O)N(C)C.CCC.CP. The second-order valence-corrected chi connectivity index (χ2v) is 9.71. The first-order valence-electron chi connectivity index (χ1n) is 12.6. The fourth-order valence-corrected chi connectivity index (χ4v) is 4.06. The lowest BCUT2D eigenvalue weighted by Gasteiger charge is -2.39. The van der Waals surface area contributed by atoms with Crippen LogP contribution in [0.5, 0.6) is 0 Å². The van der Waals surface area contributed by atoms with Crippen LogP contribution in [0.4, 0.5) is 4.39 Å². The molecule has 0 aromatic heterocycles. The van der Waals surface area contributed by atoms with Gasteiger partial charge in [-0.1, -0.05) is 57.2 Å². The molecule has 1 aromatic carbocycles. The molecule has 8 nitrogen and oxygen atoms in total. The maximum Gasteiger partial charge on any atom is 0.297 e. The third-order valence-corrected chi connectivity index (χ3v) is 6.15. The zero-order valence-corrected chi connectivity index (χ0v) is 25.2. The third-order valence-electron chi connectivity index (χ3n) is 5.83. The van der Waals surface area contributed by atoms with Crippen LogP contribution in [0.1, 0.15) is 38.7 Å². The van der Waals surface area contributed by atoms with Crippen LogP contribution in [0, 0.1) is 11.2 Å². The Morgan fingerprint density at radius 3 is 2.15 bits per heavy atom. The molecule has 214 valence electrons. The minimum atomic E-state index is -1.05. The van der Waals surface area contributed by atoms with Crippen LogP contribution in [0.3, 0.4) is 0 Å². The van der Waals surface area contributed by atoms with E-state index in [1.54, 1.807) is 12.1 Å². The number of Topliss-reactive ketones (excluding diaryl/α,β-unsaturated/α-hetero) is 1. The predicted molar refractivity (Wildman–Crippen MR) is 157 cm³/mol. The molecule has 39 heavy (non-hydrogen) atoms. The third kappa shape index (κ3) is 9.38. The molecule has 2 aliphatic heterocycles. The van der Waals surface area contributed by atoms with Gasteiger partial charge in [0.1, 0.15) is 5.82 Å². The monoisotopic (exact) mass is 580 g/mol. The molecule has 1 atom stereocenters. The van der Waals surface area contributed by atoms with Crippen LogP contribution in [0.15, 0.2) is 59.4 Å². The lowest BCUT2D eigenvalue weighted by molar-refractivity contribution is -0.139. The van der Waals surface area contributed by atoms with Gasteiger partial charge in [0.15, 0.2) is 5.84 Å². The molecule has 0 aliphatic carbocycles. The Hall–Kier alpha value is -2.87. The number of nitrogens with zero attached hydrogens (tertiary/aromatic N) is 3. The van der Waals surface area contributed by atoms with Crippen molar-refractivity contribution in [1.82, 2.24) is 14.7 Å². The number of amidine groups is 1. The van der Waals surface area contributed by atoms with Gasteiger partial charge in [-0.3, -0.25) is 24.7 Å². The van der Waals surface area contributed by atoms with Crippen molar-refractivity contribution < 1.29 is 23.9 Å². The highest BCUT2D eigenvalue weighted by molar-refractivity contribution is 7.15. The van der Waals surface area contributed by atoms with Gasteiger partial charge in [-0.05, 0) is 36.6 Å². The standard InChI is InChI=1S/C24H26ClFN4O4.C3H8.CH5P/c1-15-12-19(25)18(14-30(15)21(27)20(31)23(33)28(2)3)22(32)29-10-8-24(34,9-11-29)13-16-4-6-17(26)7-5-16;1-3-2;1-2/h4-7,12,14,27,34H,1,8-11,13H2,2-3H3;3H2,1-2H3;2H2,1H3. The zero-order valence-electron chi connectivity index (χ0n) is 23.3. The molecule has 2 N–H and O–H groups in total.